The van der Waals surface area contributed by atoms with Crippen molar-refractivity contribution in [3.8, 4) is 0 Å². The van der Waals surface area contributed by atoms with E-state index in [1.165, 1.54) is 18.9 Å². The Balaban J connectivity index is 2.58. The van der Waals surface area contributed by atoms with Crippen LogP contribution in [0.2, 0.25) is 0 Å². The fraction of sp³-hybridized carbons (Fsp3) is 0.846. The Labute approximate surface area is 129 Å². The normalized spacial score (nSPS) is 23.5. The van der Waals surface area contributed by atoms with E-state index < -0.39 is 11.7 Å². The molecule has 0 aromatic carbocycles. The van der Waals surface area contributed by atoms with Gasteiger partial charge in [-0.1, -0.05) is 0 Å². The molecule has 0 saturated carbocycles. The second-order valence-electron chi connectivity index (χ2n) is 5.70. The average Bonchev–Trinajstić information content (AvgIpc) is 2.84. The Bertz CT molecular complexity index is 372. The number of methoxy groups -OCH3 is 2. The van der Waals surface area contributed by atoms with Gasteiger partial charge in [-0.05, 0) is 20.8 Å². The number of esters is 1. The number of alkyl carbamates (subject to hydrolysis) is 1. The number of amides is 1. The van der Waals surface area contributed by atoms with Gasteiger partial charge in [-0.15, -0.1) is 11.8 Å². The number of carbonyl (C=O) groups is 2. The molecule has 1 amide bonds. The van der Waals surface area contributed by atoms with Crippen molar-refractivity contribution < 1.29 is 23.8 Å². The Morgan fingerprint density at radius 3 is 2.57 bits per heavy atom. The first-order valence-corrected chi connectivity index (χ1v) is 7.75. The van der Waals surface area contributed by atoms with Crippen molar-refractivity contribution in [3.05, 3.63) is 0 Å². The quantitative estimate of drug-likeness (QED) is 0.722. The minimum absolute atomic E-state index is 0.137. The Hall–Kier alpha value is -0.990. The SMILES string of the molecule is COC[C@H](NC(=O)OC(C)(C)C)C1N[C@H](C(=O)OC)CS1. The molecule has 2 N–H and O–H groups in total. The van der Waals surface area contributed by atoms with Crippen LogP contribution in [0.15, 0.2) is 0 Å². The Morgan fingerprint density at radius 1 is 1.38 bits per heavy atom. The van der Waals surface area contributed by atoms with E-state index >= 15 is 0 Å². The molecular weight excluding hydrogens is 296 g/mol. The first-order chi connectivity index (χ1) is 9.76. The van der Waals surface area contributed by atoms with Gasteiger partial charge < -0.3 is 19.5 Å². The molecule has 7 nitrogen and oxygen atoms in total. The fourth-order valence-electron chi connectivity index (χ4n) is 1.85. The number of nitrogens with one attached hydrogen (secondary N) is 2. The second-order valence-corrected chi connectivity index (χ2v) is 6.88. The third-order valence-corrected chi connectivity index (χ3v) is 4.06. The summed E-state index contributed by atoms with van der Waals surface area (Å²) < 4.78 is 15.1. The summed E-state index contributed by atoms with van der Waals surface area (Å²) in [7, 11) is 2.91. The molecule has 0 aromatic rings. The molecule has 122 valence electrons. The maximum absolute atomic E-state index is 11.9. The number of thioether (sulfide) groups is 1. The van der Waals surface area contributed by atoms with E-state index in [0.717, 1.165) is 0 Å². The third-order valence-electron chi connectivity index (χ3n) is 2.71. The summed E-state index contributed by atoms with van der Waals surface area (Å²) in [4.78, 5) is 23.4. The number of hydrogen-bond acceptors (Lipinski definition) is 7. The lowest BCUT2D eigenvalue weighted by Gasteiger charge is -2.26. The molecule has 0 bridgehead atoms. The molecule has 1 saturated heterocycles. The van der Waals surface area contributed by atoms with Crippen molar-refractivity contribution in [3.63, 3.8) is 0 Å². The molecule has 1 rings (SSSR count). The summed E-state index contributed by atoms with van der Waals surface area (Å²) in [6, 6.07) is -0.672. The lowest BCUT2D eigenvalue weighted by molar-refractivity contribution is -0.142. The van der Waals surface area contributed by atoms with E-state index in [0.29, 0.717) is 12.4 Å². The summed E-state index contributed by atoms with van der Waals surface area (Å²) in [6.45, 7) is 5.72. The van der Waals surface area contributed by atoms with Gasteiger partial charge in [0.1, 0.15) is 11.6 Å². The van der Waals surface area contributed by atoms with Gasteiger partial charge in [0.05, 0.1) is 25.1 Å². The van der Waals surface area contributed by atoms with Crippen molar-refractivity contribution in [1.29, 1.82) is 0 Å². The summed E-state index contributed by atoms with van der Waals surface area (Å²) in [6.07, 6.45) is -0.506. The van der Waals surface area contributed by atoms with Crippen LogP contribution >= 0.6 is 11.8 Å². The van der Waals surface area contributed by atoms with E-state index in [2.05, 4.69) is 10.6 Å². The first-order valence-electron chi connectivity index (χ1n) is 6.70. The molecule has 1 fully saturated rings. The summed E-state index contributed by atoms with van der Waals surface area (Å²) in [5.74, 6) is 0.284. The van der Waals surface area contributed by atoms with Crippen molar-refractivity contribution in [2.75, 3.05) is 26.6 Å². The highest BCUT2D eigenvalue weighted by Crippen LogP contribution is 2.22. The van der Waals surface area contributed by atoms with Gasteiger partial charge in [0, 0.05) is 12.9 Å². The van der Waals surface area contributed by atoms with Crippen LogP contribution in [-0.2, 0) is 19.0 Å². The highest BCUT2D eigenvalue weighted by Gasteiger charge is 2.36. The lowest BCUT2D eigenvalue weighted by atomic mass is 10.2. The van der Waals surface area contributed by atoms with Crippen LogP contribution in [0.3, 0.4) is 0 Å². The van der Waals surface area contributed by atoms with Gasteiger partial charge in [-0.2, -0.15) is 0 Å². The highest BCUT2D eigenvalue weighted by atomic mass is 32.2. The molecule has 1 aliphatic heterocycles. The second kappa shape index (κ2) is 7.86. The minimum Gasteiger partial charge on any atom is -0.468 e. The van der Waals surface area contributed by atoms with Crippen molar-refractivity contribution in [2.24, 2.45) is 0 Å². The van der Waals surface area contributed by atoms with Crippen LogP contribution in [0.25, 0.3) is 0 Å². The maximum atomic E-state index is 11.9. The monoisotopic (exact) mass is 320 g/mol. The van der Waals surface area contributed by atoms with Gasteiger partial charge in [-0.25, -0.2) is 4.79 Å². The van der Waals surface area contributed by atoms with Gasteiger partial charge >= 0.3 is 12.1 Å². The lowest BCUT2D eigenvalue weighted by Crippen LogP contribution is -2.52. The molecule has 3 atom stereocenters. The summed E-state index contributed by atoms with van der Waals surface area (Å²) in [5.41, 5.74) is -0.563. The van der Waals surface area contributed by atoms with Crippen LogP contribution < -0.4 is 10.6 Å². The number of ether oxygens (including phenoxy) is 3. The standard InChI is InChI=1S/C13H24N2O5S/c1-13(2,3)20-12(17)15-8(6-18-4)10-14-9(7-21-10)11(16)19-5/h8-10,14H,6-7H2,1-5H3,(H,15,17)/t8-,9-,10?/m0/s1. The Kier molecular flexibility index (Phi) is 6.76. The van der Waals surface area contributed by atoms with Crippen molar-refractivity contribution >= 4 is 23.8 Å². The summed E-state index contributed by atoms with van der Waals surface area (Å²) >= 11 is 1.54. The van der Waals surface area contributed by atoms with Crippen LogP contribution in [0.1, 0.15) is 20.8 Å². The maximum Gasteiger partial charge on any atom is 0.408 e. The van der Waals surface area contributed by atoms with Crippen LogP contribution in [0, 0.1) is 0 Å². The van der Waals surface area contributed by atoms with Crippen LogP contribution in [0.4, 0.5) is 4.79 Å². The molecule has 1 aliphatic rings. The predicted molar refractivity (Wildman–Crippen MR) is 80.2 cm³/mol. The van der Waals surface area contributed by atoms with Gasteiger partial charge in [-0.3, -0.25) is 10.1 Å². The largest absolute Gasteiger partial charge is 0.468 e. The molecule has 0 spiro atoms. The molecular formula is C13H24N2O5S. The topological polar surface area (TPSA) is 85.9 Å². The Morgan fingerprint density at radius 2 is 2.05 bits per heavy atom. The first kappa shape index (κ1) is 18.1. The molecule has 21 heavy (non-hydrogen) atoms. The van der Waals surface area contributed by atoms with Crippen LogP contribution in [0.5, 0.6) is 0 Å². The van der Waals surface area contributed by atoms with E-state index in [1.54, 1.807) is 27.9 Å². The fourth-order valence-corrected chi connectivity index (χ4v) is 3.12. The number of rotatable bonds is 5. The molecule has 1 unspecified atom stereocenters. The predicted octanol–water partition coefficient (Wildman–Crippen LogP) is 0.730. The van der Waals surface area contributed by atoms with Gasteiger partial charge in [0.2, 0.25) is 0 Å². The minimum atomic E-state index is -0.563. The summed E-state index contributed by atoms with van der Waals surface area (Å²) in [5, 5.41) is 5.77. The number of carbonyl (C=O) groups excluding carboxylic acids is 2. The van der Waals surface area contributed by atoms with E-state index in [4.69, 9.17) is 14.2 Å². The molecule has 0 aliphatic carbocycles. The zero-order valence-electron chi connectivity index (χ0n) is 13.1. The molecule has 8 heteroatoms. The molecule has 0 radical (unpaired) electrons. The van der Waals surface area contributed by atoms with E-state index in [9.17, 15) is 9.59 Å². The molecule has 1 heterocycles. The average molecular weight is 320 g/mol. The van der Waals surface area contributed by atoms with E-state index in [-0.39, 0.29) is 23.4 Å². The van der Waals surface area contributed by atoms with Crippen LogP contribution in [-0.4, -0.2) is 61.7 Å². The smallest absolute Gasteiger partial charge is 0.408 e. The van der Waals surface area contributed by atoms with Crippen molar-refractivity contribution in [1.82, 2.24) is 10.6 Å². The van der Waals surface area contributed by atoms with Gasteiger partial charge in [0.25, 0.3) is 0 Å². The van der Waals surface area contributed by atoms with E-state index in [1.807, 2.05) is 0 Å². The zero-order valence-corrected chi connectivity index (χ0v) is 13.9. The third kappa shape index (κ3) is 6.11. The highest BCUT2D eigenvalue weighted by molar-refractivity contribution is 8.00. The number of hydrogen-bond donors (Lipinski definition) is 2. The molecule has 0 aromatic heterocycles. The zero-order chi connectivity index (χ0) is 16.0. The van der Waals surface area contributed by atoms with Gasteiger partial charge in [0.15, 0.2) is 0 Å². The van der Waals surface area contributed by atoms with Crippen molar-refractivity contribution in [2.45, 2.75) is 43.8 Å².